The van der Waals surface area contributed by atoms with Gasteiger partial charge in [0.25, 0.3) is 0 Å². The summed E-state index contributed by atoms with van der Waals surface area (Å²) in [5.74, 6) is 0.697. The highest BCUT2D eigenvalue weighted by molar-refractivity contribution is 7.99. The number of benzene rings is 1. The average molecular weight is 243 g/mol. The zero-order valence-corrected chi connectivity index (χ0v) is 10.5. The molecule has 0 aromatic heterocycles. The molecular weight excluding hydrogens is 225 g/mol. The Labute approximate surface area is 101 Å². The molecule has 0 heterocycles. The van der Waals surface area contributed by atoms with Gasteiger partial charge >= 0.3 is 0 Å². The van der Waals surface area contributed by atoms with Gasteiger partial charge in [0.15, 0.2) is 0 Å². The molecule has 0 radical (unpaired) electrons. The second-order valence-electron chi connectivity index (χ2n) is 3.48. The number of thioether (sulfide) groups is 1. The molecule has 0 bridgehead atoms. The average Bonchev–Trinajstić information content (AvgIpc) is 2.27. The molecule has 2 nitrogen and oxygen atoms in total. The van der Waals surface area contributed by atoms with E-state index in [2.05, 4.69) is 12.2 Å². The first-order valence-electron chi connectivity index (χ1n) is 5.37. The number of hydrogen-bond acceptors (Lipinski definition) is 3. The van der Waals surface area contributed by atoms with E-state index in [0.29, 0.717) is 12.6 Å². The van der Waals surface area contributed by atoms with Crippen LogP contribution in [0.4, 0.5) is 4.39 Å². The molecule has 0 aliphatic carbocycles. The van der Waals surface area contributed by atoms with E-state index in [-0.39, 0.29) is 5.82 Å². The number of nitrogens with one attached hydrogen (secondary N) is 1. The minimum atomic E-state index is -0.184. The summed E-state index contributed by atoms with van der Waals surface area (Å²) in [5, 5.41) is 3.33. The first kappa shape index (κ1) is 13.5. The van der Waals surface area contributed by atoms with Gasteiger partial charge in [-0.2, -0.15) is 0 Å². The van der Waals surface area contributed by atoms with Crippen LogP contribution in [0.15, 0.2) is 29.2 Å². The van der Waals surface area contributed by atoms with Crippen LogP contribution in [0.5, 0.6) is 0 Å². The largest absolute Gasteiger partial charge is 0.383 e. The van der Waals surface area contributed by atoms with E-state index < -0.39 is 0 Å². The molecule has 0 spiro atoms. The van der Waals surface area contributed by atoms with Gasteiger partial charge in [0.2, 0.25) is 0 Å². The molecule has 90 valence electrons. The second kappa shape index (κ2) is 7.65. The highest BCUT2D eigenvalue weighted by Crippen LogP contribution is 2.19. The van der Waals surface area contributed by atoms with E-state index >= 15 is 0 Å². The molecule has 0 aliphatic rings. The maximum atomic E-state index is 12.9. The van der Waals surface area contributed by atoms with Gasteiger partial charge in [-0.1, -0.05) is 13.0 Å². The third-order valence-electron chi connectivity index (χ3n) is 2.11. The molecule has 0 saturated heterocycles. The highest BCUT2D eigenvalue weighted by Gasteiger charge is 2.07. The minimum Gasteiger partial charge on any atom is -0.383 e. The molecular formula is C12H18FNOS. The Bertz CT molecular complexity index is 303. The van der Waals surface area contributed by atoms with Crippen molar-refractivity contribution < 1.29 is 9.13 Å². The molecule has 1 aromatic rings. The number of halogens is 1. The van der Waals surface area contributed by atoms with Gasteiger partial charge < -0.3 is 10.1 Å². The third kappa shape index (κ3) is 4.96. The smallest absolute Gasteiger partial charge is 0.124 e. The molecule has 0 amide bonds. The Morgan fingerprint density at radius 1 is 1.50 bits per heavy atom. The van der Waals surface area contributed by atoms with Crippen LogP contribution in [0.2, 0.25) is 0 Å². The summed E-state index contributed by atoms with van der Waals surface area (Å²) < 4.78 is 18.1. The molecule has 4 heteroatoms. The summed E-state index contributed by atoms with van der Waals surface area (Å²) in [6.07, 6.45) is 0. The normalized spacial score (nSPS) is 12.7. The molecule has 1 atom stereocenters. The van der Waals surface area contributed by atoms with Crippen LogP contribution in [0.25, 0.3) is 0 Å². The molecule has 1 N–H and O–H groups in total. The van der Waals surface area contributed by atoms with Crippen molar-refractivity contribution in [3.8, 4) is 0 Å². The Hall–Kier alpha value is -0.580. The van der Waals surface area contributed by atoms with Crippen LogP contribution in [-0.4, -0.2) is 32.1 Å². The summed E-state index contributed by atoms with van der Waals surface area (Å²) in [5.41, 5.74) is 0. The van der Waals surface area contributed by atoms with Gasteiger partial charge in [-0.3, -0.25) is 0 Å². The van der Waals surface area contributed by atoms with Crippen molar-refractivity contribution >= 4 is 11.8 Å². The van der Waals surface area contributed by atoms with E-state index in [1.807, 2.05) is 6.07 Å². The van der Waals surface area contributed by atoms with Gasteiger partial charge in [0, 0.05) is 23.8 Å². The van der Waals surface area contributed by atoms with Gasteiger partial charge in [-0.25, -0.2) is 4.39 Å². The fourth-order valence-corrected chi connectivity index (χ4v) is 2.39. The van der Waals surface area contributed by atoms with E-state index in [4.69, 9.17) is 4.74 Å². The van der Waals surface area contributed by atoms with Crippen molar-refractivity contribution in [2.75, 3.05) is 26.0 Å². The summed E-state index contributed by atoms with van der Waals surface area (Å²) in [6, 6.07) is 6.98. The Morgan fingerprint density at radius 3 is 2.94 bits per heavy atom. The second-order valence-corrected chi connectivity index (χ2v) is 4.57. The van der Waals surface area contributed by atoms with Gasteiger partial charge in [0.05, 0.1) is 6.61 Å². The number of hydrogen-bond donors (Lipinski definition) is 1. The van der Waals surface area contributed by atoms with Crippen LogP contribution in [-0.2, 0) is 4.74 Å². The Kier molecular flexibility index (Phi) is 6.45. The Balaban J connectivity index is 2.41. The summed E-state index contributed by atoms with van der Waals surface area (Å²) in [4.78, 5) is 0.957. The van der Waals surface area contributed by atoms with Crippen molar-refractivity contribution in [3.63, 3.8) is 0 Å². The summed E-state index contributed by atoms with van der Waals surface area (Å²) in [6.45, 7) is 3.66. The van der Waals surface area contributed by atoms with Crippen molar-refractivity contribution in [3.05, 3.63) is 30.1 Å². The standard InChI is InChI=1S/C12H18FNOS/c1-3-14-11(8-15-2)9-16-12-6-4-5-10(13)7-12/h4-7,11,14H,3,8-9H2,1-2H3. The maximum Gasteiger partial charge on any atom is 0.124 e. The van der Waals surface area contributed by atoms with E-state index in [0.717, 1.165) is 17.2 Å². The van der Waals surface area contributed by atoms with E-state index in [1.54, 1.807) is 31.0 Å². The first-order valence-corrected chi connectivity index (χ1v) is 6.35. The molecule has 0 saturated carbocycles. The molecule has 16 heavy (non-hydrogen) atoms. The summed E-state index contributed by atoms with van der Waals surface area (Å²) in [7, 11) is 1.69. The van der Waals surface area contributed by atoms with E-state index in [9.17, 15) is 4.39 Å². The van der Waals surface area contributed by atoms with Gasteiger partial charge in [-0.15, -0.1) is 11.8 Å². The van der Waals surface area contributed by atoms with Crippen LogP contribution >= 0.6 is 11.8 Å². The summed E-state index contributed by atoms with van der Waals surface area (Å²) >= 11 is 1.64. The third-order valence-corrected chi connectivity index (χ3v) is 3.26. The lowest BCUT2D eigenvalue weighted by atomic mass is 10.3. The minimum absolute atomic E-state index is 0.184. The van der Waals surface area contributed by atoms with Crippen LogP contribution in [0.1, 0.15) is 6.92 Å². The van der Waals surface area contributed by atoms with Crippen molar-refractivity contribution in [1.82, 2.24) is 5.32 Å². The lowest BCUT2D eigenvalue weighted by molar-refractivity contribution is 0.174. The molecule has 1 rings (SSSR count). The first-order chi connectivity index (χ1) is 7.76. The quantitative estimate of drug-likeness (QED) is 0.744. The number of ether oxygens (including phenoxy) is 1. The lowest BCUT2D eigenvalue weighted by Gasteiger charge is -2.16. The topological polar surface area (TPSA) is 21.3 Å². The van der Waals surface area contributed by atoms with Crippen molar-refractivity contribution in [2.24, 2.45) is 0 Å². The van der Waals surface area contributed by atoms with Crippen LogP contribution in [0, 0.1) is 5.82 Å². The predicted molar refractivity (Wildman–Crippen MR) is 66.5 cm³/mol. The fourth-order valence-electron chi connectivity index (χ4n) is 1.41. The number of likely N-dealkylation sites (N-methyl/N-ethyl adjacent to an activating group) is 1. The maximum absolute atomic E-state index is 12.9. The van der Waals surface area contributed by atoms with Crippen LogP contribution < -0.4 is 5.32 Å². The zero-order valence-electron chi connectivity index (χ0n) is 9.70. The zero-order chi connectivity index (χ0) is 11.8. The fraction of sp³-hybridized carbons (Fsp3) is 0.500. The molecule has 1 unspecified atom stereocenters. The predicted octanol–water partition coefficient (Wildman–Crippen LogP) is 2.54. The Morgan fingerprint density at radius 2 is 2.31 bits per heavy atom. The number of rotatable bonds is 7. The van der Waals surface area contributed by atoms with Crippen molar-refractivity contribution in [2.45, 2.75) is 17.9 Å². The van der Waals surface area contributed by atoms with E-state index in [1.165, 1.54) is 6.07 Å². The van der Waals surface area contributed by atoms with Gasteiger partial charge in [-0.05, 0) is 24.7 Å². The van der Waals surface area contributed by atoms with Crippen molar-refractivity contribution in [1.29, 1.82) is 0 Å². The molecule has 0 aliphatic heterocycles. The number of methoxy groups -OCH3 is 1. The monoisotopic (exact) mass is 243 g/mol. The van der Waals surface area contributed by atoms with Gasteiger partial charge in [0.1, 0.15) is 5.82 Å². The highest BCUT2D eigenvalue weighted by atomic mass is 32.2. The van der Waals surface area contributed by atoms with Crippen LogP contribution in [0.3, 0.4) is 0 Å². The SMILES string of the molecule is CCNC(COC)CSc1cccc(F)c1. The molecule has 1 aromatic carbocycles. The molecule has 0 fully saturated rings. The lowest BCUT2D eigenvalue weighted by Crippen LogP contribution is -2.35.